The largest absolute Gasteiger partial charge is 0.488 e. The Morgan fingerprint density at radius 3 is 2.41 bits per heavy atom. The third-order valence-corrected chi connectivity index (χ3v) is 4.63. The number of ether oxygens (including phenoxy) is 2. The molecule has 0 aliphatic heterocycles. The first-order valence-electron chi connectivity index (χ1n) is 8.93. The van der Waals surface area contributed by atoms with E-state index < -0.39 is 17.6 Å². The summed E-state index contributed by atoms with van der Waals surface area (Å²) >= 11 is 0. The van der Waals surface area contributed by atoms with Crippen LogP contribution in [0.3, 0.4) is 0 Å². The lowest BCUT2D eigenvalue weighted by molar-refractivity contribution is -0.146. The molecular formula is C21H22F2O4. The van der Waals surface area contributed by atoms with Crippen molar-refractivity contribution < 1.29 is 28.2 Å². The molecule has 2 aromatic carbocycles. The molecule has 1 saturated carbocycles. The van der Waals surface area contributed by atoms with E-state index in [1.807, 2.05) is 12.1 Å². The van der Waals surface area contributed by atoms with E-state index in [9.17, 15) is 13.6 Å². The van der Waals surface area contributed by atoms with E-state index >= 15 is 0 Å². The topological polar surface area (TPSA) is 55.8 Å². The van der Waals surface area contributed by atoms with Gasteiger partial charge in [-0.15, -0.1) is 0 Å². The molecule has 1 aliphatic carbocycles. The van der Waals surface area contributed by atoms with Crippen molar-refractivity contribution in [2.45, 2.75) is 44.8 Å². The second-order valence-electron chi connectivity index (χ2n) is 7.02. The fourth-order valence-electron chi connectivity index (χ4n) is 3.23. The average Bonchev–Trinajstić information content (AvgIpc) is 2.57. The Labute approximate surface area is 156 Å². The number of hydrogen-bond donors (Lipinski definition) is 1. The minimum absolute atomic E-state index is 0.0305. The number of benzene rings is 2. The monoisotopic (exact) mass is 376 g/mol. The van der Waals surface area contributed by atoms with Gasteiger partial charge in [-0.3, -0.25) is 0 Å². The number of carboxylic acid groups (broad SMARTS) is 1. The predicted octanol–water partition coefficient (Wildman–Crippen LogP) is 4.77. The van der Waals surface area contributed by atoms with Crippen LogP contribution in [0.2, 0.25) is 0 Å². The molecule has 2 aromatic rings. The van der Waals surface area contributed by atoms with Crippen LogP contribution in [0, 0.1) is 11.6 Å². The van der Waals surface area contributed by atoms with E-state index in [1.165, 1.54) is 12.1 Å². The first kappa shape index (κ1) is 19.3. The van der Waals surface area contributed by atoms with Crippen molar-refractivity contribution in [3.05, 3.63) is 53.6 Å². The molecule has 144 valence electrons. The van der Waals surface area contributed by atoms with Crippen LogP contribution in [-0.2, 0) is 9.53 Å². The highest BCUT2D eigenvalue weighted by Crippen LogP contribution is 2.40. The Hall–Kier alpha value is -2.47. The van der Waals surface area contributed by atoms with Crippen LogP contribution in [0.1, 0.15) is 38.2 Å². The van der Waals surface area contributed by atoms with E-state index in [0.717, 1.165) is 18.4 Å². The van der Waals surface area contributed by atoms with Crippen molar-refractivity contribution in [3.63, 3.8) is 0 Å². The maximum atomic E-state index is 14.7. The van der Waals surface area contributed by atoms with Gasteiger partial charge < -0.3 is 14.6 Å². The smallest absolute Gasteiger partial charge is 0.329 e. The average molecular weight is 376 g/mol. The van der Waals surface area contributed by atoms with Crippen LogP contribution in [0.4, 0.5) is 8.78 Å². The molecule has 0 atom stereocenters. The summed E-state index contributed by atoms with van der Waals surface area (Å²) in [5, 5.41) is 8.62. The second kappa shape index (κ2) is 8.05. The number of aliphatic carboxylic acids is 1. The van der Waals surface area contributed by atoms with E-state index in [0.29, 0.717) is 5.56 Å². The molecular weight excluding hydrogens is 354 g/mol. The maximum absolute atomic E-state index is 14.7. The van der Waals surface area contributed by atoms with E-state index in [1.54, 1.807) is 26.0 Å². The van der Waals surface area contributed by atoms with Crippen molar-refractivity contribution >= 4 is 5.97 Å². The molecule has 1 aliphatic rings. The first-order chi connectivity index (χ1) is 12.8. The summed E-state index contributed by atoms with van der Waals surface area (Å²) in [4.78, 5) is 10.5. The molecule has 0 bridgehead atoms. The number of carboxylic acids is 1. The molecule has 27 heavy (non-hydrogen) atoms. The van der Waals surface area contributed by atoms with Gasteiger partial charge in [-0.05, 0) is 55.9 Å². The number of hydrogen-bond acceptors (Lipinski definition) is 3. The molecule has 3 rings (SSSR count). The fourth-order valence-corrected chi connectivity index (χ4v) is 3.23. The van der Waals surface area contributed by atoms with Gasteiger partial charge in [0.1, 0.15) is 12.4 Å². The molecule has 6 heteroatoms. The maximum Gasteiger partial charge on any atom is 0.329 e. The summed E-state index contributed by atoms with van der Waals surface area (Å²) in [7, 11) is 0. The van der Waals surface area contributed by atoms with Gasteiger partial charge in [-0.1, -0.05) is 24.3 Å². The molecule has 0 heterocycles. The van der Waals surface area contributed by atoms with Crippen molar-refractivity contribution in [2.24, 2.45) is 0 Å². The summed E-state index contributed by atoms with van der Waals surface area (Å²) in [6.45, 7) is 3.27. The second-order valence-corrected chi connectivity index (χ2v) is 7.02. The molecule has 0 saturated heterocycles. The van der Waals surface area contributed by atoms with Crippen LogP contribution in [0.5, 0.6) is 5.75 Å². The van der Waals surface area contributed by atoms with Crippen LogP contribution in [0.15, 0.2) is 36.4 Å². The summed E-state index contributed by atoms with van der Waals surface area (Å²) in [5.74, 6) is -2.02. The lowest BCUT2D eigenvalue weighted by Gasteiger charge is -2.35. The zero-order valence-corrected chi connectivity index (χ0v) is 15.2. The van der Waals surface area contributed by atoms with Crippen LogP contribution < -0.4 is 4.74 Å². The minimum Gasteiger partial charge on any atom is -0.488 e. The first-order valence-corrected chi connectivity index (χ1v) is 8.93. The Kier molecular flexibility index (Phi) is 5.75. The lowest BCUT2D eigenvalue weighted by atomic mass is 9.77. The van der Waals surface area contributed by atoms with Gasteiger partial charge in [0.15, 0.2) is 11.6 Å². The lowest BCUT2D eigenvalue weighted by Crippen LogP contribution is -2.31. The van der Waals surface area contributed by atoms with Crippen molar-refractivity contribution in [2.75, 3.05) is 6.61 Å². The Bertz CT molecular complexity index is 812. The van der Waals surface area contributed by atoms with Crippen molar-refractivity contribution in [1.82, 2.24) is 0 Å². The molecule has 0 unspecified atom stereocenters. The van der Waals surface area contributed by atoms with Gasteiger partial charge in [-0.25, -0.2) is 13.6 Å². The molecule has 0 aromatic heterocycles. The summed E-state index contributed by atoms with van der Waals surface area (Å²) in [6, 6.07) is 9.60. The fraction of sp³-hybridized carbons (Fsp3) is 0.381. The molecule has 0 radical (unpaired) electrons. The molecule has 1 N–H and O–H groups in total. The molecule has 0 amide bonds. The van der Waals surface area contributed by atoms with Gasteiger partial charge in [0.05, 0.1) is 17.8 Å². The quantitative estimate of drug-likeness (QED) is 0.757. The summed E-state index contributed by atoms with van der Waals surface area (Å²) < 4.78 is 39.6. The summed E-state index contributed by atoms with van der Waals surface area (Å²) in [6.07, 6.45) is 1.22. The van der Waals surface area contributed by atoms with Crippen molar-refractivity contribution in [1.29, 1.82) is 0 Å². The standard InChI is InChI=1S/C21H22F2O4/c1-12(2)27-18-8-7-17(22)20(21(18)23)14-5-3-13(4-6-14)15-9-16(10-15)26-11-19(24)25/h3-8,12,15-16H,9-11H2,1-2H3,(H,24,25). The normalized spacial score (nSPS) is 19.0. The third-order valence-electron chi connectivity index (χ3n) is 4.63. The predicted molar refractivity (Wildman–Crippen MR) is 96.9 cm³/mol. The SMILES string of the molecule is CC(C)Oc1ccc(F)c(-c2ccc(C3CC(OCC(=O)O)C3)cc2)c1F. The highest BCUT2D eigenvalue weighted by molar-refractivity contribution is 5.68. The number of rotatable bonds is 7. The van der Waals surface area contributed by atoms with E-state index in [4.69, 9.17) is 14.6 Å². The van der Waals surface area contributed by atoms with E-state index in [-0.39, 0.29) is 36.0 Å². The molecule has 4 nitrogen and oxygen atoms in total. The number of carbonyl (C=O) groups is 1. The van der Waals surface area contributed by atoms with E-state index in [2.05, 4.69) is 0 Å². The van der Waals surface area contributed by atoms with Crippen molar-refractivity contribution in [3.8, 4) is 16.9 Å². The summed E-state index contributed by atoms with van der Waals surface area (Å²) in [5.41, 5.74) is 1.39. The number of halogens is 2. The minimum atomic E-state index is -0.976. The zero-order chi connectivity index (χ0) is 19.6. The van der Waals surface area contributed by atoms with Crippen LogP contribution in [-0.4, -0.2) is 29.9 Å². The Balaban J connectivity index is 1.72. The zero-order valence-electron chi connectivity index (χ0n) is 15.2. The van der Waals surface area contributed by atoms with Gasteiger partial charge in [0, 0.05) is 0 Å². The van der Waals surface area contributed by atoms with Crippen LogP contribution in [0.25, 0.3) is 11.1 Å². The highest BCUT2D eigenvalue weighted by atomic mass is 19.1. The Morgan fingerprint density at radius 1 is 1.15 bits per heavy atom. The molecule has 0 spiro atoms. The third kappa shape index (κ3) is 4.45. The Morgan fingerprint density at radius 2 is 1.81 bits per heavy atom. The van der Waals surface area contributed by atoms with Gasteiger partial charge in [-0.2, -0.15) is 0 Å². The van der Waals surface area contributed by atoms with Gasteiger partial charge >= 0.3 is 5.97 Å². The van der Waals surface area contributed by atoms with Gasteiger partial charge in [0.2, 0.25) is 0 Å². The molecule has 1 fully saturated rings. The van der Waals surface area contributed by atoms with Gasteiger partial charge in [0.25, 0.3) is 0 Å². The van der Waals surface area contributed by atoms with Crippen LogP contribution >= 0.6 is 0 Å². The highest BCUT2D eigenvalue weighted by Gasteiger charge is 2.31.